The average molecular weight is 255 g/mol. The molecule has 0 unspecified atom stereocenters. The number of nitrogen functional groups attached to an aromatic ring is 1. The van der Waals surface area contributed by atoms with Gasteiger partial charge in [-0.1, -0.05) is 32.9 Å². The summed E-state index contributed by atoms with van der Waals surface area (Å²) in [5.74, 6) is 0.815. The Hall–Kier alpha value is -2.03. The summed E-state index contributed by atoms with van der Waals surface area (Å²) in [6, 6.07) is 10.4. The Balaban J connectivity index is 2.17. The Morgan fingerprint density at radius 2 is 1.74 bits per heavy atom. The highest BCUT2D eigenvalue weighted by Crippen LogP contribution is 2.25. The second-order valence-corrected chi connectivity index (χ2v) is 5.88. The molecule has 0 radical (unpaired) electrons. The molecule has 2 rings (SSSR count). The van der Waals surface area contributed by atoms with Crippen molar-refractivity contribution >= 4 is 17.2 Å². The summed E-state index contributed by atoms with van der Waals surface area (Å²) in [6.07, 6.45) is 1.68. The molecule has 3 nitrogen and oxygen atoms in total. The zero-order chi connectivity index (χ0) is 14.0. The summed E-state index contributed by atoms with van der Waals surface area (Å²) in [6.45, 7) is 8.60. The van der Waals surface area contributed by atoms with E-state index in [1.54, 1.807) is 6.20 Å². The van der Waals surface area contributed by atoms with Crippen LogP contribution in [0.3, 0.4) is 0 Å². The number of aromatic nitrogens is 1. The molecular weight excluding hydrogens is 234 g/mol. The molecule has 0 amide bonds. The van der Waals surface area contributed by atoms with Gasteiger partial charge in [-0.05, 0) is 41.7 Å². The van der Waals surface area contributed by atoms with Crippen molar-refractivity contribution < 1.29 is 0 Å². The lowest BCUT2D eigenvalue weighted by Crippen LogP contribution is -2.10. The Kier molecular flexibility index (Phi) is 3.47. The van der Waals surface area contributed by atoms with Gasteiger partial charge in [-0.15, -0.1) is 0 Å². The van der Waals surface area contributed by atoms with Crippen LogP contribution >= 0.6 is 0 Å². The molecule has 19 heavy (non-hydrogen) atoms. The van der Waals surface area contributed by atoms with Crippen molar-refractivity contribution in [1.82, 2.24) is 4.98 Å². The molecule has 3 N–H and O–H groups in total. The molecule has 0 saturated heterocycles. The number of nitrogens with one attached hydrogen (secondary N) is 1. The molecule has 0 saturated carbocycles. The molecular formula is C16H21N3. The summed E-state index contributed by atoms with van der Waals surface area (Å²) < 4.78 is 0. The van der Waals surface area contributed by atoms with Gasteiger partial charge in [0.25, 0.3) is 0 Å². The molecule has 0 aliphatic carbocycles. The largest absolute Gasteiger partial charge is 0.397 e. The summed E-state index contributed by atoms with van der Waals surface area (Å²) in [7, 11) is 0. The summed E-state index contributed by atoms with van der Waals surface area (Å²) in [5, 5.41) is 3.28. The van der Waals surface area contributed by atoms with Crippen molar-refractivity contribution in [3.8, 4) is 0 Å². The van der Waals surface area contributed by atoms with Gasteiger partial charge in [0.15, 0.2) is 0 Å². The fourth-order valence-corrected chi connectivity index (χ4v) is 1.84. The van der Waals surface area contributed by atoms with Crippen LogP contribution in [0.5, 0.6) is 0 Å². The summed E-state index contributed by atoms with van der Waals surface area (Å²) in [4.78, 5) is 4.27. The fraction of sp³-hybridized carbons (Fsp3) is 0.312. The molecule has 3 heteroatoms. The van der Waals surface area contributed by atoms with Gasteiger partial charge in [-0.3, -0.25) is 0 Å². The Morgan fingerprint density at radius 1 is 1.11 bits per heavy atom. The summed E-state index contributed by atoms with van der Waals surface area (Å²) >= 11 is 0. The third-order valence-electron chi connectivity index (χ3n) is 3.17. The van der Waals surface area contributed by atoms with Crippen molar-refractivity contribution in [2.24, 2.45) is 0 Å². The minimum absolute atomic E-state index is 0.175. The molecule has 100 valence electrons. The first-order chi connectivity index (χ1) is 8.86. The molecule has 0 bridgehead atoms. The maximum absolute atomic E-state index is 5.76. The van der Waals surface area contributed by atoms with E-state index < -0.39 is 0 Å². The van der Waals surface area contributed by atoms with Crippen LogP contribution in [0.2, 0.25) is 0 Å². The SMILES string of the molecule is Cc1cc(Nc2ccc(C(C)(C)C)cc2)ncc1N. The van der Waals surface area contributed by atoms with E-state index >= 15 is 0 Å². The number of nitrogens with zero attached hydrogens (tertiary/aromatic N) is 1. The molecule has 1 aromatic heterocycles. The highest BCUT2D eigenvalue weighted by atomic mass is 15.0. The normalized spacial score (nSPS) is 11.4. The van der Waals surface area contributed by atoms with Crippen molar-refractivity contribution in [3.05, 3.63) is 47.7 Å². The number of aryl methyl sites for hydroxylation is 1. The first kappa shape index (κ1) is 13.4. The van der Waals surface area contributed by atoms with E-state index in [4.69, 9.17) is 5.73 Å². The minimum atomic E-state index is 0.175. The lowest BCUT2D eigenvalue weighted by molar-refractivity contribution is 0.590. The van der Waals surface area contributed by atoms with E-state index in [0.717, 1.165) is 17.1 Å². The van der Waals surface area contributed by atoms with Gasteiger partial charge in [-0.25, -0.2) is 4.98 Å². The van der Waals surface area contributed by atoms with Crippen LogP contribution in [0.15, 0.2) is 36.5 Å². The van der Waals surface area contributed by atoms with Crippen LogP contribution in [-0.4, -0.2) is 4.98 Å². The Bertz CT molecular complexity index is 566. The smallest absolute Gasteiger partial charge is 0.130 e. The first-order valence-electron chi connectivity index (χ1n) is 6.46. The summed E-state index contributed by atoms with van der Waals surface area (Å²) in [5.41, 5.74) is 10.0. The molecule has 0 spiro atoms. The lowest BCUT2D eigenvalue weighted by Gasteiger charge is -2.19. The van der Waals surface area contributed by atoms with Gasteiger partial charge in [0.05, 0.1) is 11.9 Å². The second kappa shape index (κ2) is 4.92. The standard InChI is InChI=1S/C16H21N3/c1-11-9-15(18-10-14(11)17)19-13-7-5-12(6-8-13)16(2,3)4/h5-10H,17H2,1-4H3,(H,18,19). The topological polar surface area (TPSA) is 50.9 Å². The van der Waals surface area contributed by atoms with Crippen LogP contribution in [-0.2, 0) is 5.41 Å². The van der Waals surface area contributed by atoms with Gasteiger partial charge in [-0.2, -0.15) is 0 Å². The van der Waals surface area contributed by atoms with Crippen molar-refractivity contribution in [2.75, 3.05) is 11.1 Å². The second-order valence-electron chi connectivity index (χ2n) is 5.88. The fourth-order valence-electron chi connectivity index (χ4n) is 1.84. The molecule has 2 aromatic rings. The number of benzene rings is 1. The van der Waals surface area contributed by atoms with E-state index in [0.29, 0.717) is 5.69 Å². The van der Waals surface area contributed by atoms with Gasteiger partial charge in [0.1, 0.15) is 5.82 Å². The maximum atomic E-state index is 5.76. The maximum Gasteiger partial charge on any atom is 0.130 e. The number of pyridine rings is 1. The highest BCUT2D eigenvalue weighted by Gasteiger charge is 2.12. The van der Waals surface area contributed by atoms with Gasteiger partial charge in [0.2, 0.25) is 0 Å². The Labute approximate surface area is 114 Å². The molecule has 0 fully saturated rings. The zero-order valence-corrected chi connectivity index (χ0v) is 12.0. The predicted octanol–water partition coefficient (Wildman–Crippen LogP) is 4.01. The zero-order valence-electron chi connectivity index (χ0n) is 12.0. The number of hydrogen-bond acceptors (Lipinski definition) is 3. The van der Waals surface area contributed by atoms with E-state index in [2.05, 4.69) is 55.3 Å². The average Bonchev–Trinajstić information content (AvgIpc) is 2.33. The third-order valence-corrected chi connectivity index (χ3v) is 3.17. The number of nitrogens with two attached hydrogens (primary N) is 1. The minimum Gasteiger partial charge on any atom is -0.397 e. The number of hydrogen-bond donors (Lipinski definition) is 2. The van der Waals surface area contributed by atoms with Gasteiger partial charge < -0.3 is 11.1 Å². The molecule has 1 heterocycles. The predicted molar refractivity (Wildman–Crippen MR) is 81.8 cm³/mol. The third kappa shape index (κ3) is 3.25. The van der Waals surface area contributed by atoms with Crippen LogP contribution < -0.4 is 11.1 Å². The van der Waals surface area contributed by atoms with Crippen molar-refractivity contribution in [1.29, 1.82) is 0 Å². The van der Waals surface area contributed by atoms with Gasteiger partial charge in [0, 0.05) is 5.69 Å². The molecule has 0 aliphatic heterocycles. The van der Waals surface area contributed by atoms with Crippen LogP contribution in [0, 0.1) is 6.92 Å². The van der Waals surface area contributed by atoms with Crippen LogP contribution in [0.4, 0.5) is 17.2 Å². The van der Waals surface area contributed by atoms with E-state index in [1.807, 2.05) is 13.0 Å². The van der Waals surface area contributed by atoms with E-state index in [-0.39, 0.29) is 5.41 Å². The van der Waals surface area contributed by atoms with E-state index in [9.17, 15) is 0 Å². The molecule has 1 aromatic carbocycles. The molecule has 0 aliphatic rings. The van der Waals surface area contributed by atoms with Crippen molar-refractivity contribution in [3.63, 3.8) is 0 Å². The lowest BCUT2D eigenvalue weighted by atomic mass is 9.87. The van der Waals surface area contributed by atoms with Gasteiger partial charge >= 0.3 is 0 Å². The van der Waals surface area contributed by atoms with Crippen molar-refractivity contribution in [2.45, 2.75) is 33.1 Å². The van der Waals surface area contributed by atoms with Crippen LogP contribution in [0.1, 0.15) is 31.9 Å². The quantitative estimate of drug-likeness (QED) is 0.852. The highest BCUT2D eigenvalue weighted by molar-refractivity contribution is 5.60. The number of anilines is 3. The molecule has 0 atom stereocenters. The Morgan fingerprint density at radius 3 is 2.26 bits per heavy atom. The monoisotopic (exact) mass is 255 g/mol. The van der Waals surface area contributed by atoms with E-state index in [1.165, 1.54) is 5.56 Å². The number of rotatable bonds is 2. The van der Waals surface area contributed by atoms with Crippen LogP contribution in [0.25, 0.3) is 0 Å². The first-order valence-corrected chi connectivity index (χ1v) is 6.46.